The van der Waals surface area contributed by atoms with Gasteiger partial charge in [-0.15, -0.1) is 0 Å². The van der Waals surface area contributed by atoms with Crippen LogP contribution in [0, 0.1) is 0 Å². The average molecular weight is 236 g/mol. The molecule has 2 atom stereocenters. The molecule has 1 saturated heterocycles. The fourth-order valence-electron chi connectivity index (χ4n) is 0.913. The Morgan fingerprint density at radius 2 is 2.50 bits per heavy atom. The highest BCUT2D eigenvalue weighted by Crippen LogP contribution is 2.07. The van der Waals surface area contributed by atoms with Crippen LogP contribution in [0.2, 0.25) is 0 Å². The molecule has 1 rings (SSSR count). The third kappa shape index (κ3) is 2.20. The lowest BCUT2D eigenvalue weighted by Gasteiger charge is -2.09. The van der Waals surface area contributed by atoms with Crippen LogP contribution in [-0.4, -0.2) is 29.4 Å². The van der Waals surface area contributed by atoms with E-state index in [1.54, 1.807) is 6.92 Å². The Balaban J connectivity index is 2.40. The molecule has 2 unspecified atom stereocenters. The number of amides is 1. The molecule has 0 aliphatic carbocycles. The number of cyclic esters (lactones) is 1. The highest BCUT2D eigenvalue weighted by molar-refractivity contribution is 9.10. The molecule has 1 amide bonds. The Hall–Kier alpha value is -0.580. The molecule has 4 nitrogen and oxygen atoms in total. The van der Waals surface area contributed by atoms with Gasteiger partial charge in [-0.2, -0.15) is 0 Å². The second-order valence-corrected chi connectivity index (χ2v) is 4.01. The number of carbonyl (C=O) groups is 2. The molecule has 0 radical (unpaired) electrons. The maximum Gasteiger partial charge on any atom is 0.328 e. The predicted octanol–water partition coefficient (Wildman–Crippen LogP) is 0.201. The second kappa shape index (κ2) is 3.89. The van der Waals surface area contributed by atoms with Crippen molar-refractivity contribution in [1.29, 1.82) is 0 Å². The summed E-state index contributed by atoms with van der Waals surface area (Å²) >= 11 is 3.10. The first-order valence-electron chi connectivity index (χ1n) is 3.72. The summed E-state index contributed by atoms with van der Waals surface area (Å²) in [6.07, 6.45) is 0.574. The van der Waals surface area contributed by atoms with E-state index in [4.69, 9.17) is 0 Å². The summed E-state index contributed by atoms with van der Waals surface area (Å²) in [6.45, 7) is 2.11. The van der Waals surface area contributed by atoms with Gasteiger partial charge in [-0.1, -0.05) is 15.9 Å². The first-order chi connectivity index (χ1) is 5.61. The van der Waals surface area contributed by atoms with Gasteiger partial charge in [-0.3, -0.25) is 4.79 Å². The first-order valence-corrected chi connectivity index (χ1v) is 4.64. The molecule has 0 saturated carbocycles. The fourth-order valence-corrected chi connectivity index (χ4v) is 1.05. The van der Waals surface area contributed by atoms with E-state index >= 15 is 0 Å². The van der Waals surface area contributed by atoms with Crippen molar-refractivity contribution in [2.75, 3.05) is 6.61 Å². The largest absolute Gasteiger partial charge is 0.464 e. The summed E-state index contributed by atoms with van der Waals surface area (Å²) in [7, 11) is 0. The molecule has 1 fully saturated rings. The van der Waals surface area contributed by atoms with E-state index in [0.29, 0.717) is 13.0 Å². The summed E-state index contributed by atoms with van der Waals surface area (Å²) in [5.74, 6) is -0.518. The Bertz CT molecular complexity index is 205. The molecular weight excluding hydrogens is 226 g/mol. The van der Waals surface area contributed by atoms with E-state index < -0.39 is 6.04 Å². The van der Waals surface area contributed by atoms with Gasteiger partial charge in [0.15, 0.2) is 0 Å². The normalized spacial score (nSPS) is 24.8. The minimum absolute atomic E-state index is 0.182. The monoisotopic (exact) mass is 235 g/mol. The summed E-state index contributed by atoms with van der Waals surface area (Å²) in [4.78, 5) is 21.7. The Labute approximate surface area is 78.8 Å². The van der Waals surface area contributed by atoms with Crippen molar-refractivity contribution in [3.8, 4) is 0 Å². The van der Waals surface area contributed by atoms with Crippen molar-refractivity contribution in [3.63, 3.8) is 0 Å². The SMILES string of the molecule is CC(Br)C(=O)NC1CCOC1=O. The molecule has 0 aromatic heterocycles. The van der Waals surface area contributed by atoms with Gasteiger partial charge in [0, 0.05) is 6.42 Å². The molecule has 1 heterocycles. The topological polar surface area (TPSA) is 55.4 Å². The van der Waals surface area contributed by atoms with Crippen LogP contribution in [0.1, 0.15) is 13.3 Å². The fraction of sp³-hybridized carbons (Fsp3) is 0.714. The highest BCUT2D eigenvalue weighted by Gasteiger charge is 2.28. The molecule has 5 heteroatoms. The smallest absolute Gasteiger partial charge is 0.328 e. The van der Waals surface area contributed by atoms with E-state index in [1.165, 1.54) is 0 Å². The number of halogens is 1. The van der Waals surface area contributed by atoms with Crippen molar-refractivity contribution in [3.05, 3.63) is 0 Å². The molecule has 68 valence electrons. The van der Waals surface area contributed by atoms with Crippen LogP contribution in [-0.2, 0) is 14.3 Å². The lowest BCUT2D eigenvalue weighted by Crippen LogP contribution is -2.40. The summed E-state index contributed by atoms with van der Waals surface area (Å²) < 4.78 is 4.68. The van der Waals surface area contributed by atoms with Crippen molar-refractivity contribution >= 4 is 27.8 Å². The van der Waals surface area contributed by atoms with E-state index in [1.807, 2.05) is 0 Å². The third-order valence-corrected chi connectivity index (χ3v) is 2.03. The maximum absolute atomic E-state index is 11.1. The number of hydrogen-bond donors (Lipinski definition) is 1. The zero-order chi connectivity index (χ0) is 9.14. The molecule has 0 spiro atoms. The van der Waals surface area contributed by atoms with Gasteiger partial charge in [0.2, 0.25) is 5.91 Å². The zero-order valence-corrected chi connectivity index (χ0v) is 8.26. The van der Waals surface area contributed by atoms with Gasteiger partial charge in [0.1, 0.15) is 6.04 Å². The maximum atomic E-state index is 11.1. The van der Waals surface area contributed by atoms with Crippen LogP contribution in [0.25, 0.3) is 0 Å². The summed E-state index contributed by atoms with van der Waals surface area (Å²) in [6, 6.07) is -0.447. The third-order valence-electron chi connectivity index (χ3n) is 1.61. The Morgan fingerprint density at radius 1 is 1.83 bits per heavy atom. The van der Waals surface area contributed by atoms with E-state index in [9.17, 15) is 9.59 Å². The van der Waals surface area contributed by atoms with E-state index in [2.05, 4.69) is 26.0 Å². The molecular formula is C7H10BrNO3. The minimum atomic E-state index is -0.447. The minimum Gasteiger partial charge on any atom is -0.464 e. The number of ether oxygens (including phenoxy) is 1. The van der Waals surface area contributed by atoms with Crippen LogP contribution >= 0.6 is 15.9 Å². The number of esters is 1. The van der Waals surface area contributed by atoms with Crippen molar-refractivity contribution in [2.45, 2.75) is 24.2 Å². The molecule has 1 N–H and O–H groups in total. The Morgan fingerprint density at radius 3 is 2.92 bits per heavy atom. The predicted molar refractivity (Wildman–Crippen MR) is 45.9 cm³/mol. The van der Waals surface area contributed by atoms with Crippen LogP contribution in [0.5, 0.6) is 0 Å². The summed E-state index contributed by atoms with van der Waals surface area (Å²) in [5.41, 5.74) is 0. The number of rotatable bonds is 2. The van der Waals surface area contributed by atoms with Crippen LogP contribution < -0.4 is 5.32 Å². The van der Waals surface area contributed by atoms with Gasteiger partial charge in [0.05, 0.1) is 11.4 Å². The lowest BCUT2D eigenvalue weighted by atomic mass is 10.2. The molecule has 1 aliphatic heterocycles. The van der Waals surface area contributed by atoms with Crippen LogP contribution in [0.4, 0.5) is 0 Å². The van der Waals surface area contributed by atoms with Crippen LogP contribution in [0.3, 0.4) is 0 Å². The van der Waals surface area contributed by atoms with E-state index in [0.717, 1.165) is 0 Å². The number of nitrogens with one attached hydrogen (secondary N) is 1. The lowest BCUT2D eigenvalue weighted by molar-refractivity contribution is -0.141. The van der Waals surface area contributed by atoms with Crippen molar-refractivity contribution < 1.29 is 14.3 Å². The molecule has 12 heavy (non-hydrogen) atoms. The number of alkyl halides is 1. The second-order valence-electron chi connectivity index (χ2n) is 2.63. The van der Waals surface area contributed by atoms with Gasteiger partial charge in [-0.25, -0.2) is 4.79 Å². The molecule has 0 aromatic rings. The number of carbonyl (C=O) groups excluding carboxylic acids is 2. The average Bonchev–Trinajstić information content (AvgIpc) is 2.36. The summed E-state index contributed by atoms with van der Waals surface area (Å²) in [5, 5.41) is 2.57. The molecule has 1 aliphatic rings. The highest BCUT2D eigenvalue weighted by atomic mass is 79.9. The number of hydrogen-bond acceptors (Lipinski definition) is 3. The standard InChI is InChI=1S/C7H10BrNO3/c1-4(8)6(10)9-5-2-3-12-7(5)11/h4-5H,2-3H2,1H3,(H,9,10). The Kier molecular flexibility index (Phi) is 3.08. The molecule has 0 bridgehead atoms. The van der Waals surface area contributed by atoms with Gasteiger partial charge in [0.25, 0.3) is 0 Å². The van der Waals surface area contributed by atoms with Gasteiger partial charge >= 0.3 is 5.97 Å². The van der Waals surface area contributed by atoms with Crippen molar-refractivity contribution in [2.24, 2.45) is 0 Å². The first kappa shape index (κ1) is 9.51. The van der Waals surface area contributed by atoms with Gasteiger partial charge < -0.3 is 10.1 Å². The zero-order valence-electron chi connectivity index (χ0n) is 6.67. The van der Waals surface area contributed by atoms with Crippen molar-refractivity contribution in [1.82, 2.24) is 5.32 Å². The van der Waals surface area contributed by atoms with Crippen LogP contribution in [0.15, 0.2) is 0 Å². The quantitative estimate of drug-likeness (QED) is 0.550. The molecule has 0 aromatic carbocycles. The van der Waals surface area contributed by atoms with E-state index in [-0.39, 0.29) is 16.7 Å². The van der Waals surface area contributed by atoms with Gasteiger partial charge in [-0.05, 0) is 6.92 Å².